The van der Waals surface area contributed by atoms with Gasteiger partial charge in [0.15, 0.2) is 0 Å². The molecule has 5 atom stereocenters. The van der Waals surface area contributed by atoms with Crippen LogP contribution in [0.2, 0.25) is 0 Å². The van der Waals surface area contributed by atoms with E-state index >= 15 is 0 Å². The minimum atomic E-state index is -1.60. The number of primary amides is 1. The van der Waals surface area contributed by atoms with Gasteiger partial charge in [-0.25, -0.2) is 4.79 Å². The van der Waals surface area contributed by atoms with Gasteiger partial charge in [-0.1, -0.05) is 0 Å². The molecule has 0 aromatic carbocycles. The van der Waals surface area contributed by atoms with Gasteiger partial charge in [0, 0.05) is 6.42 Å². The third-order valence-electron chi connectivity index (χ3n) is 4.33. The number of amides is 4. The van der Waals surface area contributed by atoms with Gasteiger partial charge in [-0.3, -0.25) is 24.0 Å². The highest BCUT2D eigenvalue weighted by atomic mass is 32.2. The Morgan fingerprint density at radius 2 is 1.48 bits per heavy atom. The predicted molar refractivity (Wildman–Crippen MR) is 117 cm³/mol. The van der Waals surface area contributed by atoms with Crippen LogP contribution in [-0.4, -0.2) is 93.2 Å². The lowest BCUT2D eigenvalue weighted by Crippen LogP contribution is -2.60. The first-order valence-electron chi connectivity index (χ1n) is 9.86. The Bertz CT molecular complexity index is 734. The van der Waals surface area contributed by atoms with Gasteiger partial charge < -0.3 is 42.7 Å². The molecule has 0 aromatic rings. The van der Waals surface area contributed by atoms with Gasteiger partial charge in [0.2, 0.25) is 23.6 Å². The number of aliphatic hydroxyl groups is 1. The van der Waals surface area contributed by atoms with Crippen LogP contribution in [0, 0.1) is 0 Å². The van der Waals surface area contributed by atoms with Crippen LogP contribution in [-0.2, 0) is 28.8 Å². The summed E-state index contributed by atoms with van der Waals surface area (Å²) < 4.78 is 0. The second kappa shape index (κ2) is 15.0. The summed E-state index contributed by atoms with van der Waals surface area (Å²) in [6.07, 6.45) is -1.07. The minimum Gasteiger partial charge on any atom is -0.481 e. The molecule has 0 aliphatic carbocycles. The van der Waals surface area contributed by atoms with E-state index < -0.39 is 85.1 Å². The van der Waals surface area contributed by atoms with E-state index in [0.717, 1.165) is 0 Å². The van der Waals surface area contributed by atoms with Crippen molar-refractivity contribution in [1.82, 2.24) is 16.0 Å². The van der Waals surface area contributed by atoms with E-state index in [1.165, 1.54) is 18.7 Å². The molecule has 0 radical (unpaired) electrons. The van der Waals surface area contributed by atoms with Crippen molar-refractivity contribution in [3.05, 3.63) is 0 Å². The Labute approximate surface area is 194 Å². The average Bonchev–Trinajstić information content (AvgIpc) is 2.70. The first-order chi connectivity index (χ1) is 15.3. The number of aliphatic hydroxyl groups excluding tert-OH is 1. The number of carboxylic acid groups (broad SMARTS) is 2. The van der Waals surface area contributed by atoms with Crippen LogP contribution in [0.25, 0.3) is 0 Å². The second-order valence-electron chi connectivity index (χ2n) is 7.18. The largest absolute Gasteiger partial charge is 0.481 e. The van der Waals surface area contributed by atoms with Crippen molar-refractivity contribution in [3.8, 4) is 0 Å². The van der Waals surface area contributed by atoms with Crippen molar-refractivity contribution < 1.29 is 44.1 Å². The van der Waals surface area contributed by atoms with Crippen LogP contribution < -0.4 is 27.4 Å². The highest BCUT2D eigenvalue weighted by Gasteiger charge is 2.33. The van der Waals surface area contributed by atoms with Crippen LogP contribution in [0.4, 0.5) is 0 Å². The van der Waals surface area contributed by atoms with Crippen LogP contribution in [0.3, 0.4) is 0 Å². The first-order valence-corrected chi connectivity index (χ1v) is 11.3. The molecule has 188 valence electrons. The number of hydrogen-bond donors (Lipinski definition) is 8. The maximum atomic E-state index is 12.7. The lowest BCUT2D eigenvalue weighted by molar-refractivity contribution is -0.143. The van der Waals surface area contributed by atoms with Crippen LogP contribution in [0.15, 0.2) is 0 Å². The van der Waals surface area contributed by atoms with Gasteiger partial charge >= 0.3 is 11.9 Å². The standard InChI is InChI=1S/C18H31N5O9S/c1-8(24)14(17(30)22-11(18(31)32)5-6-33-2)23-16(29)10(3-4-13(26)27)21-15(28)9(19)7-12(20)25/h8-11,14,24H,3-7,19H2,1-2H3,(H2,20,25)(H,21,28)(H,22,30)(H,23,29)(H,26,27)(H,31,32). The Kier molecular flexibility index (Phi) is 13.7. The Balaban J connectivity index is 5.45. The number of carboxylic acids is 2. The highest BCUT2D eigenvalue weighted by Crippen LogP contribution is 2.05. The van der Waals surface area contributed by atoms with Crippen molar-refractivity contribution in [2.75, 3.05) is 12.0 Å². The molecule has 15 heteroatoms. The molecule has 10 N–H and O–H groups in total. The van der Waals surface area contributed by atoms with Gasteiger partial charge in [0.05, 0.1) is 18.6 Å². The summed E-state index contributed by atoms with van der Waals surface area (Å²) in [6, 6.07) is -5.74. The summed E-state index contributed by atoms with van der Waals surface area (Å²) in [5.41, 5.74) is 10.5. The van der Waals surface area contributed by atoms with E-state index in [0.29, 0.717) is 5.75 Å². The van der Waals surface area contributed by atoms with Crippen molar-refractivity contribution >= 4 is 47.3 Å². The Morgan fingerprint density at radius 1 is 0.909 bits per heavy atom. The monoisotopic (exact) mass is 493 g/mol. The van der Waals surface area contributed by atoms with E-state index in [9.17, 15) is 39.0 Å². The maximum absolute atomic E-state index is 12.7. The number of carbonyl (C=O) groups is 6. The zero-order chi connectivity index (χ0) is 25.7. The molecule has 0 bridgehead atoms. The van der Waals surface area contributed by atoms with E-state index in [2.05, 4.69) is 16.0 Å². The second-order valence-corrected chi connectivity index (χ2v) is 8.16. The third-order valence-corrected chi connectivity index (χ3v) is 4.97. The summed E-state index contributed by atoms with van der Waals surface area (Å²) in [5, 5.41) is 34.7. The molecule has 0 fully saturated rings. The molecule has 0 aliphatic rings. The molecule has 0 heterocycles. The molecule has 33 heavy (non-hydrogen) atoms. The summed E-state index contributed by atoms with van der Waals surface area (Å²) in [4.78, 5) is 70.6. The van der Waals surface area contributed by atoms with Crippen LogP contribution >= 0.6 is 11.8 Å². The summed E-state index contributed by atoms with van der Waals surface area (Å²) >= 11 is 1.36. The number of aliphatic carboxylic acids is 2. The van der Waals surface area contributed by atoms with Crippen molar-refractivity contribution in [2.45, 2.75) is 62.9 Å². The number of nitrogens with two attached hydrogens (primary N) is 2. The SMILES string of the molecule is CSCCC(NC(=O)C(NC(=O)C(CCC(=O)O)NC(=O)C(N)CC(N)=O)C(C)O)C(=O)O. The fraction of sp³-hybridized carbons (Fsp3) is 0.667. The predicted octanol–water partition coefficient (Wildman–Crippen LogP) is -3.27. The quantitative estimate of drug-likeness (QED) is 0.106. The number of nitrogens with one attached hydrogen (secondary N) is 3. The zero-order valence-electron chi connectivity index (χ0n) is 18.3. The van der Waals surface area contributed by atoms with E-state index in [4.69, 9.17) is 16.6 Å². The van der Waals surface area contributed by atoms with Gasteiger partial charge in [-0.15, -0.1) is 0 Å². The number of rotatable bonds is 16. The Morgan fingerprint density at radius 3 is 1.94 bits per heavy atom. The number of hydrogen-bond acceptors (Lipinski definition) is 9. The van der Waals surface area contributed by atoms with Crippen molar-refractivity contribution in [2.24, 2.45) is 11.5 Å². The van der Waals surface area contributed by atoms with Gasteiger partial charge in [0.25, 0.3) is 0 Å². The maximum Gasteiger partial charge on any atom is 0.326 e. The average molecular weight is 494 g/mol. The van der Waals surface area contributed by atoms with Gasteiger partial charge in [-0.05, 0) is 31.8 Å². The molecule has 0 saturated heterocycles. The van der Waals surface area contributed by atoms with Crippen molar-refractivity contribution in [3.63, 3.8) is 0 Å². The molecule has 0 saturated carbocycles. The number of thioether (sulfide) groups is 1. The lowest BCUT2D eigenvalue weighted by atomic mass is 10.1. The normalized spacial score (nSPS) is 15.3. The van der Waals surface area contributed by atoms with Crippen molar-refractivity contribution in [1.29, 1.82) is 0 Å². The molecule has 5 unspecified atom stereocenters. The fourth-order valence-electron chi connectivity index (χ4n) is 2.54. The molecule has 0 aliphatic heterocycles. The number of carbonyl (C=O) groups excluding carboxylic acids is 4. The molecule has 14 nitrogen and oxygen atoms in total. The molecule has 4 amide bonds. The molecule has 0 rings (SSSR count). The summed E-state index contributed by atoms with van der Waals surface area (Å²) in [5.74, 6) is -5.98. The first kappa shape index (κ1) is 30.1. The molecule has 0 spiro atoms. The third kappa shape index (κ3) is 12.1. The van der Waals surface area contributed by atoms with Gasteiger partial charge in [0.1, 0.15) is 18.1 Å². The Hall–Kier alpha value is -2.91. The van der Waals surface area contributed by atoms with Gasteiger partial charge in [-0.2, -0.15) is 11.8 Å². The van der Waals surface area contributed by atoms with E-state index in [-0.39, 0.29) is 6.42 Å². The molecule has 0 aromatic heterocycles. The topological polar surface area (TPSA) is 251 Å². The molecular weight excluding hydrogens is 462 g/mol. The highest BCUT2D eigenvalue weighted by molar-refractivity contribution is 7.98. The van der Waals surface area contributed by atoms with E-state index in [1.54, 1.807) is 6.26 Å². The fourth-order valence-corrected chi connectivity index (χ4v) is 3.01. The summed E-state index contributed by atoms with van der Waals surface area (Å²) in [7, 11) is 0. The smallest absolute Gasteiger partial charge is 0.326 e. The van der Waals surface area contributed by atoms with E-state index in [1.807, 2.05) is 0 Å². The lowest BCUT2D eigenvalue weighted by Gasteiger charge is -2.26. The summed E-state index contributed by atoms with van der Waals surface area (Å²) in [6.45, 7) is 1.18. The van der Waals surface area contributed by atoms with Crippen LogP contribution in [0.1, 0.15) is 32.6 Å². The zero-order valence-corrected chi connectivity index (χ0v) is 19.1. The minimum absolute atomic E-state index is 0.0950. The van der Waals surface area contributed by atoms with Crippen LogP contribution in [0.5, 0.6) is 0 Å². The molecular formula is C18H31N5O9S.